The summed E-state index contributed by atoms with van der Waals surface area (Å²) < 4.78 is 15.5. The minimum atomic E-state index is -0.783. The number of carbonyl (C=O) groups excluding carboxylic acids is 2. The fraction of sp³-hybridized carbons (Fsp3) is 0.333. The van der Waals surface area contributed by atoms with Crippen LogP contribution in [0.5, 0.6) is 11.5 Å². The van der Waals surface area contributed by atoms with E-state index in [4.69, 9.17) is 14.2 Å². The molecule has 2 rings (SSSR count). The molecule has 0 spiro atoms. The van der Waals surface area contributed by atoms with Crippen molar-refractivity contribution >= 4 is 12.1 Å². The van der Waals surface area contributed by atoms with Crippen LogP contribution in [-0.4, -0.2) is 17.7 Å². The molecule has 0 aliphatic rings. The Bertz CT molecular complexity index is 739. The Kier molecular flexibility index (Phi) is 6.39. The first-order valence-corrected chi connectivity index (χ1v) is 8.59. The van der Waals surface area contributed by atoms with Gasteiger partial charge in [-0.25, -0.2) is 9.59 Å². The predicted octanol–water partition coefficient (Wildman–Crippen LogP) is 5.17. The molecule has 0 radical (unpaired) electrons. The van der Waals surface area contributed by atoms with Crippen molar-refractivity contribution < 1.29 is 23.8 Å². The first-order valence-electron chi connectivity index (χ1n) is 8.59. The molecule has 0 saturated heterocycles. The molecule has 0 aliphatic carbocycles. The highest BCUT2D eigenvalue weighted by Gasteiger charge is 2.18. The van der Waals surface area contributed by atoms with Crippen molar-refractivity contribution in [3.63, 3.8) is 0 Å². The van der Waals surface area contributed by atoms with Crippen LogP contribution < -0.4 is 9.47 Å². The second kappa shape index (κ2) is 8.52. The van der Waals surface area contributed by atoms with E-state index in [1.54, 1.807) is 45.0 Å². The molecule has 0 N–H and O–H groups in total. The largest absolute Gasteiger partial charge is 0.514 e. The Labute approximate surface area is 153 Å². The smallest absolute Gasteiger partial charge is 0.428 e. The number of rotatable bonds is 5. The van der Waals surface area contributed by atoms with Gasteiger partial charge in [-0.05, 0) is 69.2 Å². The fourth-order valence-corrected chi connectivity index (χ4v) is 2.20. The maximum atomic E-state index is 12.2. The molecule has 0 aromatic heterocycles. The summed E-state index contributed by atoms with van der Waals surface area (Å²) in [7, 11) is 0. The zero-order chi connectivity index (χ0) is 19.2. The normalized spacial score (nSPS) is 10.9. The number of hydrogen-bond acceptors (Lipinski definition) is 5. The Morgan fingerprint density at radius 1 is 0.846 bits per heavy atom. The summed E-state index contributed by atoms with van der Waals surface area (Å²) in [6.45, 7) is 7.38. The molecular weight excluding hydrogens is 332 g/mol. The number of esters is 1. The Balaban J connectivity index is 1.93. The molecule has 0 atom stereocenters. The molecule has 0 fully saturated rings. The summed E-state index contributed by atoms with van der Waals surface area (Å²) in [4.78, 5) is 23.8. The number of hydrogen-bond donors (Lipinski definition) is 0. The maximum absolute atomic E-state index is 12.2. The van der Waals surface area contributed by atoms with Gasteiger partial charge in [-0.2, -0.15) is 0 Å². The topological polar surface area (TPSA) is 61.8 Å². The summed E-state index contributed by atoms with van der Waals surface area (Å²) in [5.41, 5.74) is 1.05. The zero-order valence-corrected chi connectivity index (χ0v) is 15.6. The quantitative estimate of drug-likeness (QED) is 0.420. The van der Waals surface area contributed by atoms with Gasteiger partial charge in [0.05, 0.1) is 5.56 Å². The van der Waals surface area contributed by atoms with Crippen molar-refractivity contribution in [2.75, 3.05) is 0 Å². The van der Waals surface area contributed by atoms with E-state index in [1.807, 2.05) is 12.1 Å². The molecule has 2 aromatic rings. The first-order chi connectivity index (χ1) is 12.3. The highest BCUT2D eigenvalue weighted by Crippen LogP contribution is 2.20. The lowest BCUT2D eigenvalue weighted by Crippen LogP contribution is -2.25. The highest BCUT2D eigenvalue weighted by atomic mass is 16.7. The molecule has 5 heteroatoms. The lowest BCUT2D eigenvalue weighted by Gasteiger charge is -2.18. The number of aryl methyl sites for hydroxylation is 1. The van der Waals surface area contributed by atoms with Gasteiger partial charge in [0.1, 0.15) is 17.1 Å². The van der Waals surface area contributed by atoms with Crippen molar-refractivity contribution in [3.05, 3.63) is 59.7 Å². The molecule has 0 saturated carbocycles. The van der Waals surface area contributed by atoms with Gasteiger partial charge in [0.15, 0.2) is 0 Å². The average molecular weight is 356 g/mol. The van der Waals surface area contributed by atoms with Gasteiger partial charge in [0.2, 0.25) is 0 Å². The summed E-state index contributed by atoms with van der Waals surface area (Å²) >= 11 is 0. The Morgan fingerprint density at radius 2 is 1.38 bits per heavy atom. The molecule has 2 aromatic carbocycles. The molecule has 138 valence electrons. The summed E-state index contributed by atoms with van der Waals surface area (Å²) in [5, 5.41) is 0. The van der Waals surface area contributed by atoms with E-state index in [0.29, 0.717) is 17.1 Å². The van der Waals surface area contributed by atoms with Crippen molar-refractivity contribution in [2.24, 2.45) is 0 Å². The average Bonchev–Trinajstić information content (AvgIpc) is 2.56. The van der Waals surface area contributed by atoms with Gasteiger partial charge in [0.25, 0.3) is 0 Å². The molecule has 0 unspecified atom stereocenters. The molecular formula is C21H24O5. The highest BCUT2D eigenvalue weighted by molar-refractivity contribution is 5.91. The van der Waals surface area contributed by atoms with E-state index in [0.717, 1.165) is 12.8 Å². The molecule has 0 amide bonds. The SMILES string of the molecule is CCCc1ccc(C(=O)Oc2ccc(OC(=O)OC(C)(C)C)cc2)cc1. The summed E-state index contributed by atoms with van der Waals surface area (Å²) in [5.74, 6) is 0.237. The van der Waals surface area contributed by atoms with Crippen LogP contribution in [-0.2, 0) is 11.2 Å². The standard InChI is InChI=1S/C21H24O5/c1-5-6-15-7-9-16(10-8-15)19(22)24-17-11-13-18(14-12-17)25-20(23)26-21(2,3)4/h7-14H,5-6H2,1-4H3. The Hall–Kier alpha value is -2.82. The lowest BCUT2D eigenvalue weighted by atomic mass is 10.1. The van der Waals surface area contributed by atoms with Crippen LogP contribution in [0.1, 0.15) is 50.0 Å². The monoisotopic (exact) mass is 356 g/mol. The minimum Gasteiger partial charge on any atom is -0.428 e. The molecule has 0 bridgehead atoms. The van der Waals surface area contributed by atoms with Crippen LogP contribution in [0, 0.1) is 0 Å². The van der Waals surface area contributed by atoms with Crippen LogP contribution in [0.3, 0.4) is 0 Å². The van der Waals surface area contributed by atoms with Crippen LogP contribution in [0.25, 0.3) is 0 Å². The zero-order valence-electron chi connectivity index (χ0n) is 15.6. The second-order valence-electron chi connectivity index (χ2n) is 6.87. The van der Waals surface area contributed by atoms with Crippen molar-refractivity contribution in [2.45, 2.75) is 46.1 Å². The van der Waals surface area contributed by atoms with Crippen LogP contribution in [0.15, 0.2) is 48.5 Å². The van der Waals surface area contributed by atoms with E-state index in [1.165, 1.54) is 17.7 Å². The van der Waals surface area contributed by atoms with E-state index >= 15 is 0 Å². The molecule has 5 nitrogen and oxygen atoms in total. The number of carbonyl (C=O) groups is 2. The summed E-state index contributed by atoms with van der Waals surface area (Å²) in [6, 6.07) is 13.6. The van der Waals surface area contributed by atoms with Gasteiger partial charge >= 0.3 is 12.1 Å². The van der Waals surface area contributed by atoms with Crippen LogP contribution in [0.4, 0.5) is 4.79 Å². The van der Waals surface area contributed by atoms with Gasteiger partial charge in [0, 0.05) is 0 Å². The Morgan fingerprint density at radius 3 is 1.88 bits per heavy atom. The van der Waals surface area contributed by atoms with Crippen LogP contribution in [0.2, 0.25) is 0 Å². The van der Waals surface area contributed by atoms with Gasteiger partial charge in [-0.3, -0.25) is 0 Å². The molecule has 26 heavy (non-hydrogen) atoms. The van der Waals surface area contributed by atoms with Gasteiger partial charge in [-0.1, -0.05) is 25.5 Å². The van der Waals surface area contributed by atoms with Crippen molar-refractivity contribution in [1.29, 1.82) is 0 Å². The maximum Gasteiger partial charge on any atom is 0.514 e. The third kappa shape index (κ3) is 6.24. The number of benzene rings is 2. The lowest BCUT2D eigenvalue weighted by molar-refractivity contribution is 0.0205. The van der Waals surface area contributed by atoms with Crippen LogP contribution >= 0.6 is 0 Å². The fourth-order valence-electron chi connectivity index (χ4n) is 2.20. The van der Waals surface area contributed by atoms with E-state index in [2.05, 4.69) is 6.92 Å². The van der Waals surface area contributed by atoms with E-state index in [9.17, 15) is 9.59 Å². The third-order valence-electron chi connectivity index (χ3n) is 3.35. The van der Waals surface area contributed by atoms with Crippen molar-refractivity contribution in [3.8, 4) is 11.5 Å². The van der Waals surface area contributed by atoms with Gasteiger partial charge < -0.3 is 14.2 Å². The summed E-state index contributed by atoms with van der Waals surface area (Å²) in [6.07, 6.45) is 1.25. The number of ether oxygens (including phenoxy) is 3. The first kappa shape index (κ1) is 19.5. The van der Waals surface area contributed by atoms with E-state index in [-0.39, 0.29) is 0 Å². The second-order valence-corrected chi connectivity index (χ2v) is 6.87. The van der Waals surface area contributed by atoms with Crippen molar-refractivity contribution in [1.82, 2.24) is 0 Å². The van der Waals surface area contributed by atoms with E-state index < -0.39 is 17.7 Å². The molecule has 0 aliphatic heterocycles. The van der Waals surface area contributed by atoms with Gasteiger partial charge in [-0.15, -0.1) is 0 Å². The third-order valence-corrected chi connectivity index (χ3v) is 3.35. The molecule has 0 heterocycles. The predicted molar refractivity (Wildman–Crippen MR) is 98.7 cm³/mol. The minimum absolute atomic E-state index is 0.308.